The molecule has 0 aliphatic carbocycles. The number of hydrogen-bond acceptors (Lipinski definition) is 0. The van der Waals surface area contributed by atoms with Crippen molar-refractivity contribution in [2.24, 2.45) is 0 Å². The molecule has 2 aromatic rings. The van der Waals surface area contributed by atoms with E-state index >= 15 is 0 Å². The first-order chi connectivity index (χ1) is 8.31. The fourth-order valence-electron chi connectivity index (χ4n) is 2.20. The quantitative estimate of drug-likeness (QED) is 0.700. The van der Waals surface area contributed by atoms with Crippen molar-refractivity contribution in [3.8, 4) is 0 Å². The summed E-state index contributed by atoms with van der Waals surface area (Å²) >= 11 is 0. The first kappa shape index (κ1) is 11.9. The van der Waals surface area contributed by atoms with E-state index in [1.165, 1.54) is 29.5 Å². The molecule has 0 nitrogen and oxygen atoms in total. The average molecular weight is 224 g/mol. The maximum absolute atomic E-state index is 2.27. The second kappa shape index (κ2) is 5.67. The van der Waals surface area contributed by atoms with E-state index in [-0.39, 0.29) is 0 Å². The minimum Gasteiger partial charge on any atom is -0.0651 e. The molecule has 0 amide bonds. The number of aryl methyl sites for hydroxylation is 1. The second-order valence-electron chi connectivity index (χ2n) is 4.62. The molecule has 1 atom stereocenters. The van der Waals surface area contributed by atoms with Gasteiger partial charge in [-0.1, -0.05) is 74.9 Å². The van der Waals surface area contributed by atoms with Gasteiger partial charge in [0, 0.05) is 5.92 Å². The summed E-state index contributed by atoms with van der Waals surface area (Å²) in [6, 6.07) is 19.7. The molecule has 0 heteroatoms. The predicted molar refractivity (Wildman–Crippen MR) is 74.4 cm³/mol. The molecule has 0 aliphatic heterocycles. The Hall–Kier alpha value is -1.56. The van der Waals surface area contributed by atoms with Crippen molar-refractivity contribution in [2.75, 3.05) is 0 Å². The van der Waals surface area contributed by atoms with Crippen LogP contribution in [-0.4, -0.2) is 0 Å². The minimum atomic E-state index is 0.479. The Morgan fingerprint density at radius 2 is 1.41 bits per heavy atom. The number of hydrogen-bond donors (Lipinski definition) is 0. The van der Waals surface area contributed by atoms with Gasteiger partial charge in [-0.2, -0.15) is 0 Å². The highest BCUT2D eigenvalue weighted by atomic mass is 14.1. The minimum absolute atomic E-state index is 0.479. The van der Waals surface area contributed by atoms with Crippen LogP contribution < -0.4 is 0 Å². The van der Waals surface area contributed by atoms with E-state index < -0.39 is 0 Å². The molecule has 0 fully saturated rings. The van der Waals surface area contributed by atoms with Crippen LogP contribution in [0.3, 0.4) is 0 Å². The molecule has 0 spiro atoms. The van der Waals surface area contributed by atoms with Crippen LogP contribution in [0.4, 0.5) is 0 Å². The number of rotatable bonds is 4. The Bertz CT molecular complexity index is 439. The van der Waals surface area contributed by atoms with E-state index in [0.29, 0.717) is 5.92 Å². The number of benzene rings is 2. The largest absolute Gasteiger partial charge is 0.0651 e. The second-order valence-corrected chi connectivity index (χ2v) is 4.62. The third kappa shape index (κ3) is 2.97. The van der Waals surface area contributed by atoms with Crippen LogP contribution in [-0.2, 0) is 6.42 Å². The standard InChI is InChI=1S/C17H20/c1-3-7-15-10-12-17(13-11-15)14(2)16-8-5-4-6-9-16/h4-6,8-14H,3,7H2,1-2H3. The van der Waals surface area contributed by atoms with Crippen LogP contribution in [0.1, 0.15) is 42.9 Å². The summed E-state index contributed by atoms with van der Waals surface area (Å²) in [6.45, 7) is 4.49. The van der Waals surface area contributed by atoms with Crippen molar-refractivity contribution in [1.29, 1.82) is 0 Å². The Kier molecular flexibility index (Phi) is 3.98. The van der Waals surface area contributed by atoms with E-state index in [4.69, 9.17) is 0 Å². The first-order valence-corrected chi connectivity index (χ1v) is 6.45. The molecule has 0 N–H and O–H groups in total. The Morgan fingerprint density at radius 1 is 0.824 bits per heavy atom. The van der Waals surface area contributed by atoms with E-state index in [1.807, 2.05) is 0 Å². The van der Waals surface area contributed by atoms with Gasteiger partial charge < -0.3 is 0 Å². The first-order valence-electron chi connectivity index (χ1n) is 6.45. The topological polar surface area (TPSA) is 0 Å². The van der Waals surface area contributed by atoms with Gasteiger partial charge in [-0.05, 0) is 23.1 Å². The van der Waals surface area contributed by atoms with Gasteiger partial charge in [0.1, 0.15) is 0 Å². The van der Waals surface area contributed by atoms with Crippen LogP contribution in [0, 0.1) is 0 Å². The van der Waals surface area contributed by atoms with Crippen molar-refractivity contribution in [3.05, 3.63) is 71.3 Å². The molecule has 0 saturated carbocycles. The molecule has 2 rings (SSSR count). The molecule has 0 heterocycles. The van der Waals surface area contributed by atoms with Crippen LogP contribution in [0.15, 0.2) is 54.6 Å². The van der Waals surface area contributed by atoms with Gasteiger partial charge in [0.15, 0.2) is 0 Å². The molecule has 0 aliphatic rings. The SMILES string of the molecule is CCCc1ccc(C(C)c2ccccc2)cc1. The Balaban J connectivity index is 2.17. The molecule has 0 radical (unpaired) electrons. The van der Waals surface area contributed by atoms with E-state index in [0.717, 1.165) is 0 Å². The monoisotopic (exact) mass is 224 g/mol. The smallest absolute Gasteiger partial charge is 0.00610 e. The van der Waals surface area contributed by atoms with E-state index in [2.05, 4.69) is 68.4 Å². The van der Waals surface area contributed by atoms with Crippen LogP contribution in [0.25, 0.3) is 0 Å². The highest BCUT2D eigenvalue weighted by Crippen LogP contribution is 2.24. The molecule has 2 aromatic carbocycles. The zero-order chi connectivity index (χ0) is 12.1. The van der Waals surface area contributed by atoms with Gasteiger partial charge >= 0.3 is 0 Å². The lowest BCUT2D eigenvalue weighted by Gasteiger charge is -2.12. The molecular formula is C17H20. The van der Waals surface area contributed by atoms with Gasteiger partial charge in [0.05, 0.1) is 0 Å². The maximum Gasteiger partial charge on any atom is 0.00610 e. The van der Waals surface area contributed by atoms with Crippen molar-refractivity contribution in [2.45, 2.75) is 32.6 Å². The van der Waals surface area contributed by atoms with Gasteiger partial charge in [-0.3, -0.25) is 0 Å². The highest BCUT2D eigenvalue weighted by molar-refractivity contribution is 5.33. The Labute approximate surface area is 104 Å². The summed E-state index contributed by atoms with van der Waals surface area (Å²) in [7, 11) is 0. The van der Waals surface area contributed by atoms with Gasteiger partial charge in [-0.25, -0.2) is 0 Å². The predicted octanol–water partition coefficient (Wildman–Crippen LogP) is 4.79. The van der Waals surface area contributed by atoms with Gasteiger partial charge in [0.25, 0.3) is 0 Å². The molecule has 0 aromatic heterocycles. The van der Waals surface area contributed by atoms with Crippen molar-refractivity contribution in [1.82, 2.24) is 0 Å². The highest BCUT2D eigenvalue weighted by Gasteiger charge is 2.07. The molecule has 1 unspecified atom stereocenters. The van der Waals surface area contributed by atoms with Gasteiger partial charge in [-0.15, -0.1) is 0 Å². The van der Waals surface area contributed by atoms with E-state index in [9.17, 15) is 0 Å². The zero-order valence-electron chi connectivity index (χ0n) is 10.7. The van der Waals surface area contributed by atoms with Crippen molar-refractivity contribution in [3.63, 3.8) is 0 Å². The average Bonchev–Trinajstić information content (AvgIpc) is 2.40. The third-order valence-electron chi connectivity index (χ3n) is 3.32. The van der Waals surface area contributed by atoms with Crippen LogP contribution in [0.5, 0.6) is 0 Å². The molecule has 17 heavy (non-hydrogen) atoms. The zero-order valence-corrected chi connectivity index (χ0v) is 10.7. The third-order valence-corrected chi connectivity index (χ3v) is 3.32. The lowest BCUT2D eigenvalue weighted by molar-refractivity contribution is 0.901. The summed E-state index contributed by atoms with van der Waals surface area (Å²) in [4.78, 5) is 0. The summed E-state index contributed by atoms with van der Waals surface area (Å²) in [5.74, 6) is 0.479. The Morgan fingerprint density at radius 3 is 2.00 bits per heavy atom. The molecule has 0 saturated heterocycles. The van der Waals surface area contributed by atoms with Gasteiger partial charge in [0.2, 0.25) is 0 Å². The molecule has 0 bridgehead atoms. The lowest BCUT2D eigenvalue weighted by Crippen LogP contribution is -1.96. The fourth-order valence-corrected chi connectivity index (χ4v) is 2.20. The van der Waals surface area contributed by atoms with Crippen LogP contribution in [0.2, 0.25) is 0 Å². The fraction of sp³-hybridized carbons (Fsp3) is 0.294. The van der Waals surface area contributed by atoms with Crippen molar-refractivity contribution < 1.29 is 0 Å². The summed E-state index contributed by atoms with van der Waals surface area (Å²) in [6.07, 6.45) is 2.40. The molecular weight excluding hydrogens is 204 g/mol. The summed E-state index contributed by atoms with van der Waals surface area (Å²) in [5.41, 5.74) is 4.23. The van der Waals surface area contributed by atoms with E-state index in [1.54, 1.807) is 0 Å². The van der Waals surface area contributed by atoms with Crippen LogP contribution >= 0.6 is 0 Å². The normalized spacial score (nSPS) is 12.4. The lowest BCUT2D eigenvalue weighted by atomic mass is 9.92. The maximum atomic E-state index is 2.27. The summed E-state index contributed by atoms with van der Waals surface area (Å²) in [5, 5.41) is 0. The van der Waals surface area contributed by atoms with Crippen molar-refractivity contribution >= 4 is 0 Å². The summed E-state index contributed by atoms with van der Waals surface area (Å²) < 4.78 is 0. The molecule has 88 valence electrons.